The summed E-state index contributed by atoms with van der Waals surface area (Å²) in [5.41, 5.74) is 1.31. The Bertz CT molecular complexity index is 332. The maximum atomic E-state index is 5.57. The Morgan fingerprint density at radius 3 is 2.60 bits per heavy atom. The van der Waals surface area contributed by atoms with E-state index in [4.69, 9.17) is 9.47 Å². The van der Waals surface area contributed by atoms with E-state index in [2.05, 4.69) is 18.7 Å². The van der Waals surface area contributed by atoms with Crippen LogP contribution in [0.5, 0.6) is 0 Å². The van der Waals surface area contributed by atoms with Crippen LogP contribution in [0.2, 0.25) is 0 Å². The van der Waals surface area contributed by atoms with Gasteiger partial charge in [-0.25, -0.2) is 0 Å². The molecule has 0 N–H and O–H groups in total. The normalized spacial score (nSPS) is 25.3. The van der Waals surface area contributed by atoms with E-state index in [0.717, 1.165) is 18.6 Å². The molecule has 1 aromatic carbocycles. The average Bonchev–Trinajstić information content (AvgIpc) is 2.57. The van der Waals surface area contributed by atoms with Crippen molar-refractivity contribution < 1.29 is 9.47 Å². The van der Waals surface area contributed by atoms with Crippen LogP contribution in [0.25, 0.3) is 0 Å². The Balaban J connectivity index is 1.82. The van der Waals surface area contributed by atoms with E-state index in [1.165, 1.54) is 5.56 Å². The number of ether oxygens (including phenoxy) is 2. The first-order valence-corrected chi connectivity index (χ1v) is 5.30. The van der Waals surface area contributed by atoms with Crippen LogP contribution in [-0.4, -0.2) is 12.4 Å². The number of aryl methyl sites for hydroxylation is 1. The lowest BCUT2D eigenvalue weighted by Gasteiger charge is -2.09. The molecule has 2 atom stereocenters. The predicted molar refractivity (Wildman–Crippen MR) is 59.3 cm³/mol. The molecule has 0 unspecified atom stereocenters. The first-order chi connectivity index (χ1) is 7.25. The Morgan fingerprint density at radius 1 is 1.27 bits per heavy atom. The lowest BCUT2D eigenvalue weighted by molar-refractivity contribution is -0.0532. The molecule has 80 valence electrons. The van der Waals surface area contributed by atoms with Crippen LogP contribution < -0.4 is 0 Å². The fraction of sp³-hybridized carbons (Fsp3) is 0.385. The van der Waals surface area contributed by atoms with Gasteiger partial charge in [-0.3, -0.25) is 0 Å². The molecule has 1 aromatic rings. The minimum absolute atomic E-state index is 0.0331. The van der Waals surface area contributed by atoms with Crippen molar-refractivity contribution in [2.75, 3.05) is 0 Å². The highest BCUT2D eigenvalue weighted by molar-refractivity contribution is 5.14. The largest absolute Gasteiger partial charge is 0.467 e. The highest BCUT2D eigenvalue weighted by Crippen LogP contribution is 2.23. The minimum atomic E-state index is -0.118. The minimum Gasteiger partial charge on any atom is -0.467 e. The molecule has 0 saturated carbocycles. The second-order valence-electron chi connectivity index (χ2n) is 3.82. The standard InChI is InChI=1S/C13H16O2/c1-10-11(2)15-13(14-10)9-8-12-6-4-3-5-7-12/h3-7,11,13H,1,8-9H2,2H3/t11-,13+/m0/s1. The summed E-state index contributed by atoms with van der Waals surface area (Å²) in [5, 5.41) is 0. The molecule has 1 aliphatic rings. The maximum absolute atomic E-state index is 5.57. The first kappa shape index (κ1) is 10.2. The van der Waals surface area contributed by atoms with Gasteiger partial charge in [0.05, 0.1) is 0 Å². The van der Waals surface area contributed by atoms with Gasteiger partial charge in [0.25, 0.3) is 0 Å². The molecular formula is C13H16O2. The Labute approximate surface area is 90.5 Å². The van der Waals surface area contributed by atoms with Gasteiger partial charge in [0.1, 0.15) is 11.9 Å². The molecule has 0 radical (unpaired) electrons. The Kier molecular flexibility index (Phi) is 3.07. The van der Waals surface area contributed by atoms with E-state index in [9.17, 15) is 0 Å². The van der Waals surface area contributed by atoms with Gasteiger partial charge in [0, 0.05) is 6.42 Å². The second-order valence-corrected chi connectivity index (χ2v) is 3.82. The van der Waals surface area contributed by atoms with Crippen molar-refractivity contribution in [3.05, 3.63) is 48.2 Å². The molecule has 0 spiro atoms. The molecule has 15 heavy (non-hydrogen) atoms. The lowest BCUT2D eigenvalue weighted by Crippen LogP contribution is -2.10. The van der Waals surface area contributed by atoms with E-state index in [1.54, 1.807) is 0 Å². The molecule has 0 aliphatic carbocycles. The number of rotatable bonds is 3. The van der Waals surface area contributed by atoms with E-state index < -0.39 is 0 Å². The fourth-order valence-corrected chi connectivity index (χ4v) is 1.65. The summed E-state index contributed by atoms with van der Waals surface area (Å²) in [6, 6.07) is 10.4. The van der Waals surface area contributed by atoms with Gasteiger partial charge in [-0.05, 0) is 18.9 Å². The molecule has 0 amide bonds. The molecule has 2 heteroatoms. The summed E-state index contributed by atoms with van der Waals surface area (Å²) < 4.78 is 11.1. The molecule has 0 bridgehead atoms. The molecule has 2 rings (SSSR count). The SMILES string of the molecule is C=C1O[C@@H](CCc2ccccc2)O[C@H]1C. The van der Waals surface area contributed by atoms with Crippen molar-refractivity contribution in [1.29, 1.82) is 0 Å². The van der Waals surface area contributed by atoms with Gasteiger partial charge in [0.2, 0.25) is 6.29 Å². The zero-order chi connectivity index (χ0) is 10.7. The molecule has 1 fully saturated rings. The number of benzene rings is 1. The topological polar surface area (TPSA) is 18.5 Å². The Morgan fingerprint density at radius 2 is 2.00 bits per heavy atom. The third-order valence-electron chi connectivity index (χ3n) is 2.60. The summed E-state index contributed by atoms with van der Waals surface area (Å²) in [6.45, 7) is 5.76. The van der Waals surface area contributed by atoms with Crippen LogP contribution in [0.15, 0.2) is 42.7 Å². The van der Waals surface area contributed by atoms with E-state index in [-0.39, 0.29) is 12.4 Å². The second kappa shape index (κ2) is 4.49. The van der Waals surface area contributed by atoms with E-state index in [0.29, 0.717) is 0 Å². The Hall–Kier alpha value is -1.28. The summed E-state index contributed by atoms with van der Waals surface area (Å²) in [4.78, 5) is 0. The summed E-state index contributed by atoms with van der Waals surface area (Å²) in [7, 11) is 0. The highest BCUT2D eigenvalue weighted by Gasteiger charge is 2.26. The van der Waals surface area contributed by atoms with Crippen molar-refractivity contribution in [2.45, 2.75) is 32.2 Å². The highest BCUT2D eigenvalue weighted by atomic mass is 16.7. The molecule has 0 aromatic heterocycles. The van der Waals surface area contributed by atoms with Crippen LogP contribution in [0, 0.1) is 0 Å². The van der Waals surface area contributed by atoms with E-state index in [1.807, 2.05) is 25.1 Å². The zero-order valence-corrected chi connectivity index (χ0v) is 8.98. The predicted octanol–water partition coefficient (Wildman–Crippen LogP) is 2.89. The monoisotopic (exact) mass is 204 g/mol. The number of hydrogen-bond acceptors (Lipinski definition) is 2. The smallest absolute Gasteiger partial charge is 0.200 e. The lowest BCUT2D eigenvalue weighted by atomic mass is 10.1. The quantitative estimate of drug-likeness (QED) is 0.753. The van der Waals surface area contributed by atoms with Gasteiger partial charge >= 0.3 is 0 Å². The summed E-state index contributed by atoms with van der Waals surface area (Å²) in [5.74, 6) is 0.744. The van der Waals surface area contributed by atoms with Gasteiger partial charge in [-0.1, -0.05) is 36.9 Å². The van der Waals surface area contributed by atoms with Gasteiger partial charge in [0.15, 0.2) is 0 Å². The van der Waals surface area contributed by atoms with Crippen molar-refractivity contribution in [3.8, 4) is 0 Å². The van der Waals surface area contributed by atoms with Crippen LogP contribution in [0.3, 0.4) is 0 Å². The van der Waals surface area contributed by atoms with Crippen molar-refractivity contribution in [1.82, 2.24) is 0 Å². The third-order valence-corrected chi connectivity index (χ3v) is 2.60. The number of hydrogen-bond donors (Lipinski definition) is 0. The summed E-state index contributed by atoms with van der Waals surface area (Å²) >= 11 is 0. The van der Waals surface area contributed by atoms with Crippen LogP contribution >= 0.6 is 0 Å². The van der Waals surface area contributed by atoms with Gasteiger partial charge in [-0.2, -0.15) is 0 Å². The molecule has 1 heterocycles. The van der Waals surface area contributed by atoms with E-state index >= 15 is 0 Å². The van der Waals surface area contributed by atoms with Crippen molar-refractivity contribution in [2.24, 2.45) is 0 Å². The van der Waals surface area contributed by atoms with Crippen LogP contribution in [-0.2, 0) is 15.9 Å². The molecular weight excluding hydrogens is 188 g/mol. The maximum Gasteiger partial charge on any atom is 0.200 e. The van der Waals surface area contributed by atoms with Crippen molar-refractivity contribution in [3.63, 3.8) is 0 Å². The summed E-state index contributed by atoms with van der Waals surface area (Å²) in [6.07, 6.45) is 1.78. The molecule has 1 saturated heterocycles. The molecule has 1 aliphatic heterocycles. The third kappa shape index (κ3) is 2.60. The van der Waals surface area contributed by atoms with Crippen LogP contribution in [0.1, 0.15) is 18.9 Å². The zero-order valence-electron chi connectivity index (χ0n) is 8.98. The van der Waals surface area contributed by atoms with Gasteiger partial charge in [-0.15, -0.1) is 0 Å². The average molecular weight is 204 g/mol. The first-order valence-electron chi connectivity index (χ1n) is 5.30. The van der Waals surface area contributed by atoms with Gasteiger partial charge < -0.3 is 9.47 Å². The molecule has 2 nitrogen and oxygen atoms in total. The van der Waals surface area contributed by atoms with Crippen molar-refractivity contribution >= 4 is 0 Å². The van der Waals surface area contributed by atoms with Crippen LogP contribution in [0.4, 0.5) is 0 Å². The fourth-order valence-electron chi connectivity index (χ4n) is 1.65.